The van der Waals surface area contributed by atoms with Crippen molar-refractivity contribution in [2.45, 2.75) is 31.7 Å². The number of nitrogens with zero attached hydrogens (tertiary/aromatic N) is 2. The summed E-state index contributed by atoms with van der Waals surface area (Å²) in [4.78, 5) is 23.2. The predicted molar refractivity (Wildman–Crippen MR) is 64.1 cm³/mol. The summed E-state index contributed by atoms with van der Waals surface area (Å²) in [6, 6.07) is 1.12. The number of hydrogen-bond acceptors (Lipinski definition) is 4. The van der Waals surface area contributed by atoms with Crippen LogP contribution in [0.1, 0.15) is 41.9 Å². The summed E-state index contributed by atoms with van der Waals surface area (Å²) in [6.45, 7) is 1.59. The Morgan fingerprint density at radius 2 is 2.22 bits per heavy atom. The number of rotatable bonds is 4. The van der Waals surface area contributed by atoms with Crippen LogP contribution in [0, 0.1) is 0 Å². The van der Waals surface area contributed by atoms with Crippen molar-refractivity contribution >= 4 is 11.9 Å². The van der Waals surface area contributed by atoms with Gasteiger partial charge >= 0.3 is 5.97 Å². The first-order chi connectivity index (χ1) is 8.52. The zero-order valence-corrected chi connectivity index (χ0v) is 10.8. The van der Waals surface area contributed by atoms with Crippen molar-refractivity contribution in [2.75, 3.05) is 7.11 Å². The lowest BCUT2D eigenvalue weighted by Crippen LogP contribution is -2.39. The van der Waals surface area contributed by atoms with Crippen LogP contribution in [-0.2, 0) is 16.6 Å². The number of hydrogen-bond donors (Lipinski definition) is 1. The molecule has 1 aliphatic rings. The molecule has 1 aliphatic carbocycles. The molecule has 0 radical (unpaired) electrons. The summed E-state index contributed by atoms with van der Waals surface area (Å²) in [7, 11) is 3.02. The largest absolute Gasteiger partial charge is 0.467 e. The summed E-state index contributed by atoms with van der Waals surface area (Å²) in [5.41, 5.74) is 1.42. The monoisotopic (exact) mass is 251 g/mol. The maximum Gasteiger partial charge on any atom is 0.328 e. The van der Waals surface area contributed by atoms with E-state index < -0.39 is 12.0 Å². The van der Waals surface area contributed by atoms with Crippen molar-refractivity contribution in [3.63, 3.8) is 0 Å². The molecule has 1 unspecified atom stereocenters. The lowest BCUT2D eigenvalue weighted by atomic mass is 10.2. The highest BCUT2D eigenvalue weighted by molar-refractivity contribution is 5.95. The lowest BCUT2D eigenvalue weighted by molar-refractivity contribution is -0.142. The van der Waals surface area contributed by atoms with Crippen molar-refractivity contribution in [3.05, 3.63) is 17.5 Å². The molecule has 1 fully saturated rings. The van der Waals surface area contributed by atoms with Gasteiger partial charge < -0.3 is 10.1 Å². The van der Waals surface area contributed by atoms with Gasteiger partial charge in [0.1, 0.15) is 11.7 Å². The number of ether oxygens (including phenoxy) is 1. The van der Waals surface area contributed by atoms with Crippen LogP contribution in [0.15, 0.2) is 6.07 Å². The third-order valence-electron chi connectivity index (χ3n) is 3.03. The standard InChI is InChI=1S/C12H17N3O3/c1-7(12(17)18-3)13-11(16)10-6-9(8-4-5-8)14-15(10)2/h6-8H,4-5H2,1-3H3,(H,13,16). The SMILES string of the molecule is COC(=O)C(C)NC(=O)c1cc(C2CC2)nn1C. The molecule has 0 spiro atoms. The van der Waals surface area contributed by atoms with Crippen LogP contribution < -0.4 is 5.32 Å². The van der Waals surface area contributed by atoms with E-state index in [0.717, 1.165) is 18.5 Å². The second-order valence-corrected chi connectivity index (χ2v) is 4.57. The molecule has 0 aromatic carbocycles. The number of methoxy groups -OCH3 is 1. The molecule has 1 atom stereocenters. The first kappa shape index (κ1) is 12.6. The molecule has 6 heteroatoms. The van der Waals surface area contributed by atoms with E-state index in [-0.39, 0.29) is 5.91 Å². The van der Waals surface area contributed by atoms with Gasteiger partial charge in [0.15, 0.2) is 0 Å². The molecular weight excluding hydrogens is 234 g/mol. The highest BCUT2D eigenvalue weighted by Gasteiger charge is 2.28. The quantitative estimate of drug-likeness (QED) is 0.795. The van der Waals surface area contributed by atoms with Crippen molar-refractivity contribution in [2.24, 2.45) is 7.05 Å². The van der Waals surface area contributed by atoms with Crippen molar-refractivity contribution in [1.29, 1.82) is 0 Å². The van der Waals surface area contributed by atoms with Gasteiger partial charge in [-0.25, -0.2) is 4.79 Å². The zero-order valence-electron chi connectivity index (χ0n) is 10.8. The summed E-state index contributed by atoms with van der Waals surface area (Å²) in [5, 5.41) is 6.89. The van der Waals surface area contributed by atoms with Crippen LogP contribution in [0.25, 0.3) is 0 Å². The van der Waals surface area contributed by atoms with Crippen LogP contribution in [0.4, 0.5) is 0 Å². The summed E-state index contributed by atoms with van der Waals surface area (Å²) in [6.07, 6.45) is 2.27. The number of esters is 1. The minimum Gasteiger partial charge on any atom is -0.467 e. The lowest BCUT2D eigenvalue weighted by Gasteiger charge is -2.11. The number of carbonyl (C=O) groups is 2. The fourth-order valence-electron chi connectivity index (χ4n) is 1.79. The Bertz CT molecular complexity index is 477. The molecule has 1 saturated carbocycles. The minimum absolute atomic E-state index is 0.310. The van der Waals surface area contributed by atoms with E-state index in [2.05, 4.69) is 15.2 Å². The molecule has 98 valence electrons. The Kier molecular flexibility index (Phi) is 3.36. The van der Waals surface area contributed by atoms with Gasteiger partial charge in [0.2, 0.25) is 0 Å². The first-order valence-corrected chi connectivity index (χ1v) is 5.95. The average Bonchev–Trinajstić information content (AvgIpc) is 3.11. The first-order valence-electron chi connectivity index (χ1n) is 5.95. The van der Waals surface area contributed by atoms with Crippen LogP contribution in [0.5, 0.6) is 0 Å². The normalized spacial score (nSPS) is 16.2. The molecule has 1 aromatic heterocycles. The zero-order chi connectivity index (χ0) is 13.3. The number of carbonyl (C=O) groups excluding carboxylic acids is 2. The molecule has 2 rings (SSSR count). The van der Waals surface area contributed by atoms with Crippen LogP contribution in [-0.4, -0.2) is 34.8 Å². The van der Waals surface area contributed by atoms with Gasteiger partial charge in [0.05, 0.1) is 12.8 Å². The van der Waals surface area contributed by atoms with Gasteiger partial charge in [0, 0.05) is 13.0 Å². The molecule has 0 bridgehead atoms. The molecule has 1 heterocycles. The van der Waals surface area contributed by atoms with Crippen molar-refractivity contribution in [3.8, 4) is 0 Å². The molecule has 6 nitrogen and oxygen atoms in total. The van der Waals surface area contributed by atoms with E-state index in [1.165, 1.54) is 7.11 Å². The summed E-state index contributed by atoms with van der Waals surface area (Å²) < 4.78 is 6.10. The van der Waals surface area contributed by atoms with Gasteiger partial charge in [-0.15, -0.1) is 0 Å². The number of aromatic nitrogens is 2. The minimum atomic E-state index is -0.665. The molecule has 0 saturated heterocycles. The third-order valence-corrected chi connectivity index (χ3v) is 3.03. The Hall–Kier alpha value is -1.85. The molecular formula is C12H17N3O3. The molecule has 0 aliphatic heterocycles. The van der Waals surface area contributed by atoms with Gasteiger partial charge in [-0.05, 0) is 25.8 Å². The fraction of sp³-hybridized carbons (Fsp3) is 0.583. The Labute approximate surface area is 105 Å². The molecule has 18 heavy (non-hydrogen) atoms. The number of aryl methyl sites for hydroxylation is 1. The predicted octanol–water partition coefficient (Wildman–Crippen LogP) is 0.589. The Balaban J connectivity index is 2.06. The van der Waals surface area contributed by atoms with Gasteiger partial charge in [-0.2, -0.15) is 5.10 Å². The van der Waals surface area contributed by atoms with Gasteiger partial charge in [0.25, 0.3) is 5.91 Å². The van der Waals surface area contributed by atoms with Gasteiger partial charge in [-0.3, -0.25) is 9.48 Å². The van der Waals surface area contributed by atoms with E-state index in [4.69, 9.17) is 0 Å². The Morgan fingerprint density at radius 3 is 2.78 bits per heavy atom. The van der Waals surface area contributed by atoms with E-state index in [9.17, 15) is 9.59 Å². The van der Waals surface area contributed by atoms with E-state index in [0.29, 0.717) is 11.6 Å². The van der Waals surface area contributed by atoms with Crippen molar-refractivity contribution < 1.29 is 14.3 Å². The highest BCUT2D eigenvalue weighted by atomic mass is 16.5. The maximum atomic E-state index is 12.0. The van der Waals surface area contributed by atoms with Crippen molar-refractivity contribution in [1.82, 2.24) is 15.1 Å². The number of amides is 1. The molecule has 1 aromatic rings. The maximum absolute atomic E-state index is 12.0. The Morgan fingerprint density at radius 1 is 1.56 bits per heavy atom. The highest BCUT2D eigenvalue weighted by Crippen LogP contribution is 2.39. The second kappa shape index (κ2) is 4.80. The average molecular weight is 251 g/mol. The van der Waals surface area contributed by atoms with E-state index in [1.54, 1.807) is 24.7 Å². The van der Waals surface area contributed by atoms with Crippen LogP contribution in [0.2, 0.25) is 0 Å². The smallest absolute Gasteiger partial charge is 0.328 e. The van der Waals surface area contributed by atoms with Crippen LogP contribution >= 0.6 is 0 Å². The van der Waals surface area contributed by atoms with Gasteiger partial charge in [-0.1, -0.05) is 0 Å². The molecule has 1 N–H and O–H groups in total. The second-order valence-electron chi connectivity index (χ2n) is 4.57. The third kappa shape index (κ3) is 2.52. The van der Waals surface area contributed by atoms with Crippen LogP contribution in [0.3, 0.4) is 0 Å². The van der Waals surface area contributed by atoms with E-state index in [1.807, 2.05) is 0 Å². The summed E-state index contributed by atoms with van der Waals surface area (Å²) >= 11 is 0. The van der Waals surface area contributed by atoms with E-state index >= 15 is 0 Å². The fourth-order valence-corrected chi connectivity index (χ4v) is 1.79. The molecule has 1 amide bonds. The number of nitrogens with one attached hydrogen (secondary N) is 1. The summed E-state index contributed by atoms with van der Waals surface area (Å²) in [5.74, 6) is -0.279. The topological polar surface area (TPSA) is 73.2 Å².